The second kappa shape index (κ2) is 7.73. The largest absolute Gasteiger partial charge is 0.417 e. The maximum absolute atomic E-state index is 13.3. The average molecular weight is 495 g/mol. The summed E-state index contributed by atoms with van der Waals surface area (Å²) in [6.07, 6.45) is -1.60. The molecule has 1 N–H and O–H groups in total. The van der Waals surface area contributed by atoms with Crippen molar-refractivity contribution in [2.75, 3.05) is 36.8 Å². The molecule has 0 unspecified atom stereocenters. The van der Waals surface area contributed by atoms with Crippen molar-refractivity contribution in [3.05, 3.63) is 22.8 Å². The molecule has 0 amide bonds. The van der Waals surface area contributed by atoms with Gasteiger partial charge in [-0.1, -0.05) is 30.6 Å². The van der Waals surface area contributed by atoms with E-state index in [1.165, 1.54) is 4.31 Å². The number of anilines is 1. The van der Waals surface area contributed by atoms with E-state index in [0.29, 0.717) is 24.5 Å². The zero-order valence-electron chi connectivity index (χ0n) is 17.9. The highest BCUT2D eigenvalue weighted by atomic mass is 35.5. The summed E-state index contributed by atoms with van der Waals surface area (Å²) in [5.41, 5.74) is -1.31. The first-order valence-electron chi connectivity index (χ1n) is 10.5. The minimum Gasteiger partial charge on any atom is -0.411 e. The van der Waals surface area contributed by atoms with E-state index in [0.717, 1.165) is 18.7 Å². The Morgan fingerprint density at radius 1 is 1.28 bits per heavy atom. The van der Waals surface area contributed by atoms with Crippen LogP contribution in [-0.2, 0) is 16.2 Å². The van der Waals surface area contributed by atoms with Crippen molar-refractivity contribution < 1.29 is 26.8 Å². The lowest BCUT2D eigenvalue weighted by Gasteiger charge is -2.40. The molecule has 2 heterocycles. The standard InChI is InChI=1S/C20H26ClF3N4O3S/c1-18(2)13-3-4-19(18,16(10-13)26-29)12-32(30,31)28-7-5-27(6-8-28)17-15(21)9-14(11-25-17)20(22,23)24/h9,11,13,29H,3-8,10,12H2,1-2H3/b26-16+/t13-,19+/m0/s1. The summed E-state index contributed by atoms with van der Waals surface area (Å²) < 4.78 is 66.7. The Labute approximate surface area is 190 Å². The van der Waals surface area contributed by atoms with Crippen LogP contribution in [0.5, 0.6) is 0 Å². The molecule has 4 rings (SSSR count). The van der Waals surface area contributed by atoms with Gasteiger partial charge in [-0.25, -0.2) is 13.4 Å². The number of oxime groups is 1. The molecule has 1 aromatic rings. The van der Waals surface area contributed by atoms with Gasteiger partial charge in [-0.05, 0) is 36.7 Å². The highest BCUT2D eigenvalue weighted by Crippen LogP contribution is 2.64. The Hall–Kier alpha value is -1.59. The predicted octanol–water partition coefficient (Wildman–Crippen LogP) is 3.86. The van der Waals surface area contributed by atoms with Gasteiger partial charge in [0.15, 0.2) is 0 Å². The van der Waals surface area contributed by atoms with Gasteiger partial charge < -0.3 is 10.1 Å². The second-order valence-electron chi connectivity index (χ2n) is 9.46. The monoisotopic (exact) mass is 494 g/mol. The van der Waals surface area contributed by atoms with Gasteiger partial charge in [0, 0.05) is 37.8 Å². The number of sulfonamides is 1. The molecule has 32 heavy (non-hydrogen) atoms. The van der Waals surface area contributed by atoms with E-state index in [9.17, 15) is 26.8 Å². The molecule has 3 fully saturated rings. The van der Waals surface area contributed by atoms with Gasteiger partial charge in [-0.2, -0.15) is 17.5 Å². The smallest absolute Gasteiger partial charge is 0.411 e. The van der Waals surface area contributed by atoms with Crippen LogP contribution in [-0.4, -0.2) is 60.6 Å². The Bertz CT molecular complexity index is 1040. The molecule has 1 saturated heterocycles. The highest BCUT2D eigenvalue weighted by Gasteiger charge is 2.64. The van der Waals surface area contributed by atoms with Gasteiger partial charge in [0.25, 0.3) is 0 Å². The van der Waals surface area contributed by atoms with Crippen LogP contribution in [0, 0.1) is 16.7 Å². The molecule has 2 aliphatic carbocycles. The number of aromatic nitrogens is 1. The van der Waals surface area contributed by atoms with E-state index in [2.05, 4.69) is 24.0 Å². The first kappa shape index (κ1) is 23.6. The Balaban J connectivity index is 1.48. The molecule has 2 bridgehead atoms. The lowest BCUT2D eigenvalue weighted by molar-refractivity contribution is -0.137. The topological polar surface area (TPSA) is 86.1 Å². The van der Waals surface area contributed by atoms with Crippen LogP contribution in [0.1, 0.15) is 38.7 Å². The molecule has 2 atom stereocenters. The normalized spacial score (nSPS) is 29.8. The fraction of sp³-hybridized carbons (Fsp3) is 0.700. The van der Waals surface area contributed by atoms with Gasteiger partial charge in [-0.3, -0.25) is 0 Å². The fourth-order valence-corrected chi connectivity index (χ4v) is 8.17. The lowest BCUT2D eigenvalue weighted by atomic mass is 9.70. The maximum atomic E-state index is 13.3. The van der Waals surface area contributed by atoms with E-state index in [1.807, 2.05) is 0 Å². The number of hydrogen-bond donors (Lipinski definition) is 1. The van der Waals surface area contributed by atoms with Gasteiger partial charge in [0.1, 0.15) is 5.82 Å². The van der Waals surface area contributed by atoms with Crippen molar-refractivity contribution in [3.8, 4) is 0 Å². The van der Waals surface area contributed by atoms with E-state index in [4.69, 9.17) is 11.6 Å². The Morgan fingerprint density at radius 2 is 1.94 bits per heavy atom. The van der Waals surface area contributed by atoms with E-state index < -0.39 is 27.2 Å². The van der Waals surface area contributed by atoms with Crippen molar-refractivity contribution >= 4 is 33.2 Å². The van der Waals surface area contributed by atoms with Gasteiger partial charge in [0.05, 0.1) is 22.1 Å². The maximum Gasteiger partial charge on any atom is 0.417 e. The molecular weight excluding hydrogens is 469 g/mol. The first-order chi connectivity index (χ1) is 14.8. The Kier molecular flexibility index (Phi) is 5.69. The van der Waals surface area contributed by atoms with Crippen molar-refractivity contribution in [2.45, 2.75) is 39.3 Å². The SMILES string of the molecule is CC1(C)[C@H]2CC[C@@]1(CS(=O)(=O)N1CCN(c3ncc(C(F)(F)F)cc3Cl)CC1)/C(=N/O)C2. The number of nitrogens with zero attached hydrogens (tertiary/aromatic N) is 4. The minimum absolute atomic E-state index is 0.109. The highest BCUT2D eigenvalue weighted by molar-refractivity contribution is 7.89. The summed E-state index contributed by atoms with van der Waals surface area (Å²) in [5.74, 6) is 0.399. The summed E-state index contributed by atoms with van der Waals surface area (Å²) in [7, 11) is -3.65. The van der Waals surface area contributed by atoms with E-state index >= 15 is 0 Å². The van der Waals surface area contributed by atoms with Crippen LogP contribution in [0.2, 0.25) is 5.02 Å². The average Bonchev–Trinajstić information content (AvgIpc) is 3.07. The molecule has 0 radical (unpaired) electrons. The summed E-state index contributed by atoms with van der Waals surface area (Å²) in [5, 5.41) is 12.9. The number of hydrogen-bond acceptors (Lipinski definition) is 6. The Morgan fingerprint density at radius 3 is 2.47 bits per heavy atom. The summed E-state index contributed by atoms with van der Waals surface area (Å²) in [6, 6.07) is 0.834. The van der Waals surface area contributed by atoms with Crippen LogP contribution in [0.3, 0.4) is 0 Å². The molecule has 0 aromatic carbocycles. The second-order valence-corrected chi connectivity index (χ2v) is 11.8. The van der Waals surface area contributed by atoms with Crippen molar-refractivity contribution in [3.63, 3.8) is 0 Å². The number of rotatable bonds is 4. The summed E-state index contributed by atoms with van der Waals surface area (Å²) in [6.45, 7) is 4.97. The molecule has 2 saturated carbocycles. The zero-order valence-corrected chi connectivity index (χ0v) is 19.4. The number of piperazine rings is 1. The first-order valence-corrected chi connectivity index (χ1v) is 12.5. The van der Waals surface area contributed by atoms with Gasteiger partial charge in [-0.15, -0.1) is 0 Å². The third-order valence-electron chi connectivity index (χ3n) is 7.80. The predicted molar refractivity (Wildman–Crippen MR) is 115 cm³/mol. The zero-order chi connectivity index (χ0) is 23.5. The molecular formula is C20H26ClF3N4O3S. The number of halogens is 4. The molecule has 0 spiro atoms. The number of fused-ring (bicyclic) bond motifs is 2. The molecule has 7 nitrogen and oxygen atoms in total. The molecule has 12 heteroatoms. The third kappa shape index (κ3) is 3.66. The van der Waals surface area contributed by atoms with E-state index in [1.54, 1.807) is 4.90 Å². The molecule has 3 aliphatic rings. The molecule has 1 aromatic heterocycles. The number of alkyl halides is 3. The van der Waals surface area contributed by atoms with Crippen molar-refractivity contribution in [2.24, 2.45) is 21.9 Å². The lowest BCUT2D eigenvalue weighted by Crippen LogP contribution is -2.53. The minimum atomic E-state index is -4.54. The van der Waals surface area contributed by atoms with Crippen molar-refractivity contribution in [1.82, 2.24) is 9.29 Å². The fourth-order valence-electron chi connectivity index (χ4n) is 5.67. The quantitative estimate of drug-likeness (QED) is 0.507. The van der Waals surface area contributed by atoms with Crippen molar-refractivity contribution in [1.29, 1.82) is 0 Å². The van der Waals surface area contributed by atoms with Gasteiger partial charge >= 0.3 is 6.18 Å². The number of pyridine rings is 1. The van der Waals surface area contributed by atoms with Crippen LogP contribution < -0.4 is 4.90 Å². The third-order valence-corrected chi connectivity index (χ3v) is 10.1. The van der Waals surface area contributed by atoms with Gasteiger partial charge in [0.2, 0.25) is 10.0 Å². The summed E-state index contributed by atoms with van der Waals surface area (Å²) in [4.78, 5) is 5.56. The van der Waals surface area contributed by atoms with Crippen LogP contribution in [0.15, 0.2) is 17.4 Å². The molecule has 178 valence electrons. The van der Waals surface area contributed by atoms with Crippen LogP contribution >= 0.6 is 11.6 Å². The van der Waals surface area contributed by atoms with Crippen LogP contribution in [0.4, 0.5) is 19.0 Å². The molecule has 1 aliphatic heterocycles. The van der Waals surface area contributed by atoms with Crippen LogP contribution in [0.25, 0.3) is 0 Å². The summed E-state index contributed by atoms with van der Waals surface area (Å²) >= 11 is 6.04. The van der Waals surface area contributed by atoms with E-state index in [-0.39, 0.29) is 48.2 Å².